The number of rotatable bonds is 2. The quantitative estimate of drug-likeness (QED) is 0.877. The molecule has 0 saturated heterocycles. The Labute approximate surface area is 93.0 Å². The number of nitrogens with zero attached hydrogens (tertiary/aromatic N) is 2. The second-order valence-electron chi connectivity index (χ2n) is 3.92. The zero-order valence-electron chi connectivity index (χ0n) is 8.68. The van der Waals surface area contributed by atoms with Crippen LogP contribution in [0.25, 0.3) is 0 Å². The van der Waals surface area contributed by atoms with Gasteiger partial charge in [0.25, 0.3) is 0 Å². The molecule has 1 unspecified atom stereocenters. The second-order valence-corrected chi connectivity index (χ2v) is 4.67. The molecule has 1 atom stereocenters. The summed E-state index contributed by atoms with van der Waals surface area (Å²) in [5, 5.41) is 7.69. The summed E-state index contributed by atoms with van der Waals surface area (Å²) in [6, 6.07) is 0. The van der Waals surface area contributed by atoms with E-state index in [2.05, 4.69) is 26.3 Å². The van der Waals surface area contributed by atoms with Crippen molar-refractivity contribution in [3.05, 3.63) is 15.9 Å². The lowest BCUT2D eigenvalue weighted by molar-refractivity contribution is 0.514. The van der Waals surface area contributed by atoms with Crippen molar-refractivity contribution >= 4 is 15.9 Å². The number of aryl methyl sites for hydroxylation is 1. The summed E-state index contributed by atoms with van der Waals surface area (Å²) in [6.07, 6.45) is 3.73. The summed E-state index contributed by atoms with van der Waals surface area (Å²) in [5.74, 6) is 0.631. The van der Waals surface area contributed by atoms with Crippen molar-refractivity contribution in [2.24, 2.45) is 7.05 Å². The second kappa shape index (κ2) is 4.03. The fourth-order valence-corrected chi connectivity index (χ4v) is 3.14. The summed E-state index contributed by atoms with van der Waals surface area (Å²) in [6.45, 7) is 1.05. The lowest BCUT2D eigenvalue weighted by Crippen LogP contribution is -2.21. The topological polar surface area (TPSA) is 29.9 Å². The van der Waals surface area contributed by atoms with Gasteiger partial charge < -0.3 is 5.32 Å². The minimum atomic E-state index is 0.631. The minimum absolute atomic E-state index is 0.631. The normalized spacial score (nSPS) is 20.9. The van der Waals surface area contributed by atoms with Gasteiger partial charge in [0.15, 0.2) is 0 Å². The molecule has 1 aliphatic rings. The lowest BCUT2D eigenvalue weighted by Gasteiger charge is -2.22. The van der Waals surface area contributed by atoms with Gasteiger partial charge in [0, 0.05) is 30.8 Å². The van der Waals surface area contributed by atoms with Crippen molar-refractivity contribution in [3.63, 3.8) is 0 Å². The Morgan fingerprint density at radius 2 is 2.43 bits per heavy atom. The van der Waals surface area contributed by atoms with E-state index >= 15 is 0 Å². The highest BCUT2D eigenvalue weighted by Crippen LogP contribution is 2.35. The van der Waals surface area contributed by atoms with Crippen LogP contribution in [0, 0.1) is 0 Å². The molecule has 1 aromatic rings. The third-order valence-corrected chi connectivity index (χ3v) is 3.57. The molecule has 0 bridgehead atoms. The van der Waals surface area contributed by atoms with E-state index in [0.29, 0.717) is 5.92 Å². The number of likely N-dealkylation sites (N-methyl/N-ethyl adjacent to an activating group) is 1. The van der Waals surface area contributed by atoms with Gasteiger partial charge in [0.2, 0.25) is 0 Å². The first-order valence-corrected chi connectivity index (χ1v) is 5.89. The first-order valence-electron chi connectivity index (χ1n) is 5.10. The van der Waals surface area contributed by atoms with Crippen molar-refractivity contribution < 1.29 is 0 Å². The Morgan fingerprint density at radius 3 is 3.14 bits per heavy atom. The molecule has 4 heteroatoms. The molecule has 0 aliphatic heterocycles. The molecule has 3 nitrogen and oxygen atoms in total. The number of halogens is 1. The fourth-order valence-electron chi connectivity index (χ4n) is 2.35. The van der Waals surface area contributed by atoms with Crippen LogP contribution in [0.2, 0.25) is 0 Å². The van der Waals surface area contributed by atoms with E-state index in [1.165, 1.54) is 30.5 Å². The van der Waals surface area contributed by atoms with Crippen LogP contribution < -0.4 is 5.32 Å². The summed E-state index contributed by atoms with van der Waals surface area (Å²) < 4.78 is 3.05. The maximum Gasteiger partial charge on any atom is 0.131 e. The monoisotopic (exact) mass is 257 g/mol. The summed E-state index contributed by atoms with van der Waals surface area (Å²) in [5.41, 5.74) is 2.83. The van der Waals surface area contributed by atoms with Gasteiger partial charge in [-0.05, 0) is 42.2 Å². The molecule has 0 spiro atoms. The Hall–Kier alpha value is -0.350. The molecule has 1 aromatic heterocycles. The van der Waals surface area contributed by atoms with Crippen LogP contribution in [0.5, 0.6) is 0 Å². The van der Waals surface area contributed by atoms with Gasteiger partial charge in [-0.3, -0.25) is 4.68 Å². The highest BCUT2D eigenvalue weighted by Gasteiger charge is 2.25. The Morgan fingerprint density at radius 1 is 1.64 bits per heavy atom. The number of fused-ring (bicyclic) bond motifs is 1. The molecule has 78 valence electrons. The van der Waals surface area contributed by atoms with Crippen LogP contribution >= 0.6 is 15.9 Å². The standard InChI is InChI=1S/C10H16BrN3/c1-12-6-7-4-3-5-8-9(7)10(11)13-14(8)2/h7,12H,3-6H2,1-2H3. The van der Waals surface area contributed by atoms with Crippen LogP contribution in [0.3, 0.4) is 0 Å². The Bertz CT molecular complexity index is 332. The Kier molecular flexibility index (Phi) is 2.93. The van der Waals surface area contributed by atoms with Crippen molar-refractivity contribution in [2.75, 3.05) is 13.6 Å². The molecule has 1 N–H and O–H groups in total. The smallest absolute Gasteiger partial charge is 0.131 e. The lowest BCUT2D eigenvalue weighted by atomic mass is 9.87. The van der Waals surface area contributed by atoms with Crippen molar-refractivity contribution in [3.8, 4) is 0 Å². The van der Waals surface area contributed by atoms with Crippen molar-refractivity contribution in [1.82, 2.24) is 15.1 Å². The molecule has 0 aromatic carbocycles. The number of hydrogen-bond donors (Lipinski definition) is 1. The van der Waals surface area contributed by atoms with Gasteiger partial charge in [-0.15, -0.1) is 0 Å². The summed E-state index contributed by atoms with van der Waals surface area (Å²) in [4.78, 5) is 0. The molecule has 1 aliphatic carbocycles. The molecule has 2 rings (SSSR count). The van der Waals surface area contributed by atoms with Gasteiger partial charge in [-0.2, -0.15) is 5.10 Å². The SMILES string of the molecule is CNCC1CCCc2c1c(Br)nn2C. The fraction of sp³-hybridized carbons (Fsp3) is 0.700. The molecule has 1 heterocycles. The Balaban J connectivity index is 2.37. The zero-order chi connectivity index (χ0) is 10.1. The highest BCUT2D eigenvalue weighted by atomic mass is 79.9. The van der Waals surface area contributed by atoms with Crippen LogP contribution in [0.15, 0.2) is 4.60 Å². The van der Waals surface area contributed by atoms with E-state index in [4.69, 9.17) is 0 Å². The van der Waals surface area contributed by atoms with Gasteiger partial charge in [-0.25, -0.2) is 0 Å². The van der Waals surface area contributed by atoms with E-state index in [1.54, 1.807) is 0 Å². The van der Waals surface area contributed by atoms with Gasteiger partial charge in [-0.1, -0.05) is 0 Å². The van der Waals surface area contributed by atoms with E-state index in [9.17, 15) is 0 Å². The van der Waals surface area contributed by atoms with Crippen molar-refractivity contribution in [1.29, 1.82) is 0 Å². The van der Waals surface area contributed by atoms with Crippen LogP contribution in [-0.4, -0.2) is 23.4 Å². The predicted molar refractivity (Wildman–Crippen MR) is 60.5 cm³/mol. The molecule has 0 radical (unpaired) electrons. The van der Waals surface area contributed by atoms with Gasteiger partial charge >= 0.3 is 0 Å². The third-order valence-electron chi connectivity index (χ3n) is 2.99. The van der Waals surface area contributed by atoms with E-state index < -0.39 is 0 Å². The van der Waals surface area contributed by atoms with Crippen molar-refractivity contribution in [2.45, 2.75) is 25.2 Å². The van der Waals surface area contributed by atoms with Crippen LogP contribution in [0.4, 0.5) is 0 Å². The molecule has 0 saturated carbocycles. The number of aromatic nitrogens is 2. The van der Waals surface area contributed by atoms with E-state index in [1.807, 2.05) is 18.8 Å². The van der Waals surface area contributed by atoms with Crippen LogP contribution in [0.1, 0.15) is 30.0 Å². The third kappa shape index (κ3) is 1.61. The number of hydrogen-bond acceptors (Lipinski definition) is 2. The van der Waals surface area contributed by atoms with Gasteiger partial charge in [0.05, 0.1) is 0 Å². The zero-order valence-corrected chi connectivity index (χ0v) is 10.3. The average Bonchev–Trinajstić information content (AvgIpc) is 2.44. The molecule has 0 fully saturated rings. The average molecular weight is 258 g/mol. The molecular formula is C10H16BrN3. The minimum Gasteiger partial charge on any atom is -0.319 e. The summed E-state index contributed by atoms with van der Waals surface area (Å²) >= 11 is 3.55. The van der Waals surface area contributed by atoms with Crippen LogP contribution in [-0.2, 0) is 13.5 Å². The van der Waals surface area contributed by atoms with E-state index in [-0.39, 0.29) is 0 Å². The van der Waals surface area contributed by atoms with E-state index in [0.717, 1.165) is 11.1 Å². The first-order chi connectivity index (χ1) is 6.74. The summed E-state index contributed by atoms with van der Waals surface area (Å²) in [7, 11) is 4.05. The largest absolute Gasteiger partial charge is 0.319 e. The molecule has 14 heavy (non-hydrogen) atoms. The maximum absolute atomic E-state index is 4.43. The highest BCUT2D eigenvalue weighted by molar-refractivity contribution is 9.10. The number of nitrogens with one attached hydrogen (secondary N) is 1. The van der Waals surface area contributed by atoms with Gasteiger partial charge in [0.1, 0.15) is 4.60 Å². The molecule has 0 amide bonds. The maximum atomic E-state index is 4.43. The molecular weight excluding hydrogens is 242 g/mol. The predicted octanol–water partition coefficient (Wildman–Crippen LogP) is 1.82. The first kappa shape index (κ1) is 10.2.